The van der Waals surface area contributed by atoms with Crippen LogP contribution in [0.4, 0.5) is 5.69 Å². The van der Waals surface area contributed by atoms with E-state index in [-0.39, 0.29) is 5.54 Å². The van der Waals surface area contributed by atoms with Gasteiger partial charge in [-0.05, 0) is 91.4 Å². The SMILES string of the molecule is Cc1cc(C)cc(NC2(c3nnnn3-c3cccc(C)c3C)CCCCC2)c1. The van der Waals surface area contributed by atoms with Gasteiger partial charge in [0.1, 0.15) is 0 Å². The van der Waals surface area contributed by atoms with Crippen LogP contribution < -0.4 is 5.32 Å². The topological polar surface area (TPSA) is 55.6 Å². The maximum Gasteiger partial charge on any atom is 0.181 e. The third-order valence-corrected chi connectivity index (χ3v) is 6.01. The Morgan fingerprint density at radius 1 is 0.929 bits per heavy atom. The quantitative estimate of drug-likeness (QED) is 0.684. The van der Waals surface area contributed by atoms with Crippen LogP contribution in [0, 0.1) is 27.7 Å². The Bertz CT molecular complexity index is 962. The molecule has 0 bridgehead atoms. The first kappa shape index (κ1) is 18.7. The summed E-state index contributed by atoms with van der Waals surface area (Å²) >= 11 is 0. The van der Waals surface area contributed by atoms with E-state index in [0.717, 1.165) is 30.0 Å². The summed E-state index contributed by atoms with van der Waals surface area (Å²) in [6, 6.07) is 13.0. The van der Waals surface area contributed by atoms with E-state index in [1.165, 1.54) is 41.5 Å². The van der Waals surface area contributed by atoms with Crippen LogP contribution >= 0.6 is 0 Å². The van der Waals surface area contributed by atoms with Gasteiger partial charge in [-0.15, -0.1) is 5.10 Å². The fourth-order valence-corrected chi connectivity index (χ4v) is 4.50. The number of rotatable bonds is 4. The lowest BCUT2D eigenvalue weighted by Crippen LogP contribution is -2.40. The minimum Gasteiger partial charge on any atom is -0.373 e. The highest BCUT2D eigenvalue weighted by Gasteiger charge is 2.39. The molecule has 0 amide bonds. The average molecular weight is 376 g/mol. The Morgan fingerprint density at radius 3 is 2.36 bits per heavy atom. The second-order valence-corrected chi connectivity index (χ2v) is 8.28. The van der Waals surface area contributed by atoms with E-state index >= 15 is 0 Å². The molecule has 4 rings (SSSR count). The highest BCUT2D eigenvalue weighted by Crippen LogP contribution is 2.40. The number of aryl methyl sites for hydroxylation is 3. The summed E-state index contributed by atoms with van der Waals surface area (Å²) in [5.41, 5.74) is 6.96. The van der Waals surface area contributed by atoms with Crippen molar-refractivity contribution in [2.24, 2.45) is 0 Å². The molecule has 5 nitrogen and oxygen atoms in total. The van der Waals surface area contributed by atoms with Crippen molar-refractivity contribution >= 4 is 5.69 Å². The lowest BCUT2D eigenvalue weighted by molar-refractivity contribution is 0.309. The average Bonchev–Trinajstić information content (AvgIpc) is 3.14. The van der Waals surface area contributed by atoms with Gasteiger partial charge in [0.05, 0.1) is 11.2 Å². The summed E-state index contributed by atoms with van der Waals surface area (Å²) in [4.78, 5) is 0. The molecule has 28 heavy (non-hydrogen) atoms. The van der Waals surface area contributed by atoms with E-state index in [1.54, 1.807) is 0 Å². The van der Waals surface area contributed by atoms with Gasteiger partial charge in [-0.25, -0.2) is 0 Å². The third kappa shape index (κ3) is 3.41. The first-order valence-electron chi connectivity index (χ1n) is 10.2. The number of tetrazole rings is 1. The zero-order valence-corrected chi connectivity index (χ0v) is 17.3. The maximum absolute atomic E-state index is 4.54. The van der Waals surface area contributed by atoms with Crippen LogP contribution in [0.5, 0.6) is 0 Å². The molecule has 1 aliphatic rings. The first-order chi connectivity index (χ1) is 13.5. The molecular formula is C23H29N5. The minimum atomic E-state index is -0.252. The molecule has 0 unspecified atom stereocenters. The van der Waals surface area contributed by atoms with Crippen LogP contribution in [-0.2, 0) is 5.54 Å². The van der Waals surface area contributed by atoms with Crippen molar-refractivity contribution in [2.45, 2.75) is 65.3 Å². The number of hydrogen-bond acceptors (Lipinski definition) is 4. The summed E-state index contributed by atoms with van der Waals surface area (Å²) in [6.45, 7) is 8.56. The maximum atomic E-state index is 4.54. The largest absolute Gasteiger partial charge is 0.373 e. The molecule has 0 saturated heterocycles. The van der Waals surface area contributed by atoms with E-state index in [4.69, 9.17) is 0 Å². The fourth-order valence-electron chi connectivity index (χ4n) is 4.50. The van der Waals surface area contributed by atoms with Gasteiger partial charge in [-0.1, -0.05) is 37.5 Å². The summed E-state index contributed by atoms with van der Waals surface area (Å²) in [5.74, 6) is 0.917. The van der Waals surface area contributed by atoms with Crippen molar-refractivity contribution in [1.82, 2.24) is 20.2 Å². The number of benzene rings is 2. The molecule has 3 aromatic rings. The van der Waals surface area contributed by atoms with Crippen molar-refractivity contribution in [3.63, 3.8) is 0 Å². The van der Waals surface area contributed by atoms with Crippen LogP contribution in [0.2, 0.25) is 0 Å². The molecule has 1 aliphatic carbocycles. The van der Waals surface area contributed by atoms with Crippen LogP contribution in [0.15, 0.2) is 36.4 Å². The molecule has 1 aromatic heterocycles. The molecule has 0 atom stereocenters. The van der Waals surface area contributed by atoms with Crippen LogP contribution in [0.3, 0.4) is 0 Å². The number of nitrogens with zero attached hydrogens (tertiary/aromatic N) is 4. The molecule has 0 radical (unpaired) electrons. The van der Waals surface area contributed by atoms with E-state index < -0.39 is 0 Å². The number of aromatic nitrogens is 4. The van der Waals surface area contributed by atoms with Gasteiger partial charge >= 0.3 is 0 Å². The van der Waals surface area contributed by atoms with E-state index in [0.29, 0.717) is 0 Å². The van der Waals surface area contributed by atoms with E-state index in [1.807, 2.05) is 4.68 Å². The molecule has 5 heteroatoms. The molecular weight excluding hydrogens is 346 g/mol. The summed E-state index contributed by atoms with van der Waals surface area (Å²) in [5, 5.41) is 16.9. The van der Waals surface area contributed by atoms with E-state index in [9.17, 15) is 0 Å². The van der Waals surface area contributed by atoms with Crippen LogP contribution in [0.1, 0.15) is 60.2 Å². The minimum absolute atomic E-state index is 0.252. The van der Waals surface area contributed by atoms with Crippen molar-refractivity contribution in [3.05, 3.63) is 64.5 Å². The van der Waals surface area contributed by atoms with Gasteiger partial charge in [0.15, 0.2) is 5.82 Å². The summed E-state index contributed by atoms with van der Waals surface area (Å²) in [7, 11) is 0. The molecule has 146 valence electrons. The molecule has 1 heterocycles. The Balaban J connectivity index is 1.81. The predicted octanol–water partition coefficient (Wildman–Crippen LogP) is 5.17. The molecule has 1 fully saturated rings. The highest BCUT2D eigenvalue weighted by molar-refractivity contribution is 5.52. The highest BCUT2D eigenvalue weighted by atomic mass is 15.6. The molecule has 2 aromatic carbocycles. The molecule has 0 aliphatic heterocycles. The lowest BCUT2D eigenvalue weighted by Gasteiger charge is -2.38. The number of nitrogens with one attached hydrogen (secondary N) is 1. The Hall–Kier alpha value is -2.69. The van der Waals surface area contributed by atoms with Crippen molar-refractivity contribution in [1.29, 1.82) is 0 Å². The molecule has 1 saturated carbocycles. The molecule has 0 spiro atoms. The molecule has 1 N–H and O–H groups in total. The van der Waals surface area contributed by atoms with Crippen molar-refractivity contribution in [3.8, 4) is 5.69 Å². The van der Waals surface area contributed by atoms with Crippen LogP contribution in [-0.4, -0.2) is 20.2 Å². The number of anilines is 1. The normalized spacial score (nSPS) is 16.1. The second-order valence-electron chi connectivity index (χ2n) is 8.28. The Labute approximate surface area is 167 Å². The van der Waals surface area contributed by atoms with Gasteiger partial charge in [0, 0.05) is 5.69 Å². The summed E-state index contributed by atoms with van der Waals surface area (Å²) in [6.07, 6.45) is 5.69. The van der Waals surface area contributed by atoms with Crippen molar-refractivity contribution < 1.29 is 0 Å². The third-order valence-electron chi connectivity index (χ3n) is 6.01. The monoisotopic (exact) mass is 375 g/mol. The lowest BCUT2D eigenvalue weighted by atomic mass is 9.80. The van der Waals surface area contributed by atoms with Crippen LogP contribution in [0.25, 0.3) is 5.69 Å². The van der Waals surface area contributed by atoms with Gasteiger partial charge in [0.25, 0.3) is 0 Å². The number of hydrogen-bond donors (Lipinski definition) is 1. The van der Waals surface area contributed by atoms with E-state index in [2.05, 4.69) is 84.9 Å². The van der Waals surface area contributed by atoms with Gasteiger partial charge in [-0.2, -0.15) is 4.68 Å². The zero-order valence-electron chi connectivity index (χ0n) is 17.3. The van der Waals surface area contributed by atoms with Crippen molar-refractivity contribution in [2.75, 3.05) is 5.32 Å². The zero-order chi connectivity index (χ0) is 19.7. The second kappa shape index (κ2) is 7.38. The smallest absolute Gasteiger partial charge is 0.181 e. The van der Waals surface area contributed by atoms with Gasteiger partial charge in [0.2, 0.25) is 0 Å². The predicted molar refractivity (Wildman–Crippen MR) is 113 cm³/mol. The summed E-state index contributed by atoms with van der Waals surface area (Å²) < 4.78 is 1.95. The standard InChI is InChI=1S/C23H29N5/c1-16-13-17(2)15-20(14-16)24-23(11-6-5-7-12-23)22-25-26-27-28(22)21-10-8-9-18(3)19(21)4/h8-10,13-15,24H,5-7,11-12H2,1-4H3. The first-order valence-corrected chi connectivity index (χ1v) is 10.2. The fraction of sp³-hybridized carbons (Fsp3) is 0.435. The van der Waals surface area contributed by atoms with Gasteiger partial charge in [-0.3, -0.25) is 0 Å². The van der Waals surface area contributed by atoms with Gasteiger partial charge < -0.3 is 5.32 Å². The Kier molecular flexibility index (Phi) is 4.92. The Morgan fingerprint density at radius 2 is 1.64 bits per heavy atom.